The van der Waals surface area contributed by atoms with Gasteiger partial charge < -0.3 is 23.6 Å². The standard InChI is InChI=1S/C21H10FO6P.2Na/c1-2-3-4-5-6-7-8-9-10-11-12-13-14-15-16-17-21(23)27-18-20(22)19-28-29(24,25)26;;/h20H,18-19H2,1H3,(H2,24,25,26);;/q;2*+1/p-2/t20-;;/m1../s1. The van der Waals surface area contributed by atoms with E-state index in [0.717, 1.165) is 0 Å². The average Bonchev–Trinajstić information content (AvgIpc) is 2.67. The SMILES string of the molecule is CC#CC#CC#CC#CC#CC#CC#CC#CC(=O)OC[C@@H](F)COP(=O)([O-])[O-].[Na+].[Na+]. The quantitative estimate of drug-likeness (QED) is 0.135. The van der Waals surface area contributed by atoms with Crippen molar-refractivity contribution < 1.29 is 91.9 Å². The third-order valence-electron chi connectivity index (χ3n) is 1.91. The molecule has 0 spiro atoms. The molecule has 0 radical (unpaired) electrons. The van der Waals surface area contributed by atoms with E-state index in [1.807, 2.05) is 5.92 Å². The molecule has 0 aliphatic rings. The van der Waals surface area contributed by atoms with Crippen LogP contribution in [0.3, 0.4) is 0 Å². The van der Waals surface area contributed by atoms with Crippen molar-refractivity contribution in [1.29, 1.82) is 0 Å². The maximum absolute atomic E-state index is 13.1. The van der Waals surface area contributed by atoms with Crippen molar-refractivity contribution >= 4 is 13.8 Å². The van der Waals surface area contributed by atoms with Gasteiger partial charge in [0, 0.05) is 5.92 Å². The number of carbonyl (C=O) groups excluding carboxylic acids is 1. The van der Waals surface area contributed by atoms with E-state index >= 15 is 0 Å². The first-order valence-corrected chi connectivity index (χ1v) is 8.71. The Hall–Kier alpha value is -2.01. The van der Waals surface area contributed by atoms with Gasteiger partial charge in [0.1, 0.15) is 6.61 Å². The van der Waals surface area contributed by atoms with Gasteiger partial charge in [0.05, 0.1) is 14.4 Å². The molecule has 0 aromatic carbocycles. The van der Waals surface area contributed by atoms with Crippen LogP contribution in [-0.4, -0.2) is 25.4 Å². The average molecular weight is 452 g/mol. The Morgan fingerprint density at radius 3 is 1.58 bits per heavy atom. The first-order valence-electron chi connectivity index (χ1n) is 7.25. The predicted molar refractivity (Wildman–Crippen MR) is 97.3 cm³/mol. The summed E-state index contributed by atoms with van der Waals surface area (Å²) in [5.41, 5.74) is 0. The molecule has 0 aromatic rings. The summed E-state index contributed by atoms with van der Waals surface area (Å²) in [7, 11) is -5.28. The van der Waals surface area contributed by atoms with Crippen LogP contribution in [0.5, 0.6) is 0 Å². The minimum Gasteiger partial charge on any atom is -0.790 e. The number of hydrogen-bond acceptors (Lipinski definition) is 6. The minimum absolute atomic E-state index is 0. The van der Waals surface area contributed by atoms with Crippen LogP contribution in [0.15, 0.2) is 0 Å². The molecule has 6 nitrogen and oxygen atoms in total. The number of esters is 1. The van der Waals surface area contributed by atoms with E-state index in [1.165, 1.54) is 0 Å². The van der Waals surface area contributed by atoms with Crippen LogP contribution in [0.4, 0.5) is 4.39 Å². The zero-order valence-corrected chi connectivity index (χ0v) is 21.7. The van der Waals surface area contributed by atoms with E-state index in [-0.39, 0.29) is 59.1 Å². The van der Waals surface area contributed by atoms with Gasteiger partial charge in [-0.05, 0) is 89.8 Å². The molecule has 0 saturated carbocycles. The van der Waals surface area contributed by atoms with Crippen molar-refractivity contribution in [2.45, 2.75) is 13.1 Å². The van der Waals surface area contributed by atoms with E-state index in [2.05, 4.69) is 98.1 Å². The Bertz CT molecular complexity index is 1160. The summed E-state index contributed by atoms with van der Waals surface area (Å²) in [6.45, 7) is -0.231. The van der Waals surface area contributed by atoms with E-state index in [9.17, 15) is 23.5 Å². The van der Waals surface area contributed by atoms with Gasteiger partial charge >= 0.3 is 65.1 Å². The number of carbonyl (C=O) groups is 1. The van der Waals surface area contributed by atoms with Gasteiger partial charge in [-0.2, -0.15) is 0 Å². The first kappa shape index (κ1) is 33.6. The third-order valence-corrected chi connectivity index (χ3v) is 2.38. The van der Waals surface area contributed by atoms with Gasteiger partial charge in [0.2, 0.25) is 0 Å². The molecule has 0 bridgehead atoms. The maximum Gasteiger partial charge on any atom is 1.00 e. The van der Waals surface area contributed by atoms with Crippen LogP contribution in [0.2, 0.25) is 0 Å². The second kappa shape index (κ2) is 22.7. The summed E-state index contributed by atoms with van der Waals surface area (Å²) in [5.74, 6) is 36.6. The number of rotatable bonds is 5. The second-order valence-corrected chi connectivity index (χ2v) is 5.22. The molecule has 0 amide bonds. The summed E-state index contributed by atoms with van der Waals surface area (Å²) in [6, 6.07) is 0. The van der Waals surface area contributed by atoms with E-state index < -0.39 is 33.2 Å². The Kier molecular flexibility index (Phi) is 24.6. The molecule has 0 aliphatic carbocycles. The largest absolute Gasteiger partial charge is 1.00 e. The van der Waals surface area contributed by atoms with Crippen LogP contribution < -0.4 is 68.9 Å². The molecule has 0 rings (SSSR count). The van der Waals surface area contributed by atoms with Gasteiger partial charge in [-0.25, -0.2) is 9.18 Å². The van der Waals surface area contributed by atoms with Gasteiger partial charge in [-0.1, -0.05) is 5.92 Å². The van der Waals surface area contributed by atoms with Crippen LogP contribution in [0.25, 0.3) is 0 Å². The number of alkyl halides is 1. The van der Waals surface area contributed by atoms with Crippen LogP contribution in [0.1, 0.15) is 6.92 Å². The fraction of sp³-hybridized carbons (Fsp3) is 0.190. The van der Waals surface area contributed by atoms with Crippen LogP contribution >= 0.6 is 7.82 Å². The molecule has 142 valence electrons. The molecule has 0 heterocycles. The summed E-state index contributed by atoms with van der Waals surface area (Å²) in [4.78, 5) is 31.4. The Labute approximate surface area is 225 Å². The summed E-state index contributed by atoms with van der Waals surface area (Å²) in [6.07, 6.45) is -2.00. The molecule has 0 saturated heterocycles. The van der Waals surface area contributed by atoms with Gasteiger partial charge in [0.25, 0.3) is 0 Å². The number of phosphoric acid groups is 1. The van der Waals surface area contributed by atoms with Crippen molar-refractivity contribution in [3.63, 3.8) is 0 Å². The Morgan fingerprint density at radius 2 is 1.19 bits per heavy atom. The van der Waals surface area contributed by atoms with Crippen molar-refractivity contribution in [3.05, 3.63) is 0 Å². The monoisotopic (exact) mass is 452 g/mol. The molecule has 31 heavy (non-hydrogen) atoms. The molecule has 0 aliphatic heterocycles. The summed E-state index contributed by atoms with van der Waals surface area (Å²) < 4.78 is 31.3. The zero-order chi connectivity index (χ0) is 21.8. The first-order chi connectivity index (χ1) is 13.8. The van der Waals surface area contributed by atoms with E-state index in [0.29, 0.717) is 0 Å². The fourth-order valence-corrected chi connectivity index (χ4v) is 1.29. The normalized spacial score (nSPS) is 7.87. The molecular weight excluding hydrogens is 444 g/mol. The van der Waals surface area contributed by atoms with Gasteiger partial charge in [0.15, 0.2) is 6.17 Å². The number of phosphoric ester groups is 1. The number of ether oxygens (including phenoxy) is 1. The molecule has 0 unspecified atom stereocenters. The van der Waals surface area contributed by atoms with Gasteiger partial charge in [-0.3, -0.25) is 0 Å². The van der Waals surface area contributed by atoms with Crippen molar-refractivity contribution in [1.82, 2.24) is 0 Å². The number of hydrogen-bond donors (Lipinski definition) is 0. The topological polar surface area (TPSA) is 98.7 Å². The van der Waals surface area contributed by atoms with Crippen LogP contribution in [-0.2, 0) is 18.6 Å². The minimum atomic E-state index is -5.28. The van der Waals surface area contributed by atoms with E-state index in [1.54, 1.807) is 6.92 Å². The summed E-state index contributed by atoms with van der Waals surface area (Å²) in [5, 5.41) is 0. The summed E-state index contributed by atoms with van der Waals surface area (Å²) >= 11 is 0. The molecule has 10 heteroatoms. The molecular formula is C21H8FNa2O6P. The third kappa shape index (κ3) is 28.0. The van der Waals surface area contributed by atoms with Crippen molar-refractivity contribution in [2.24, 2.45) is 0 Å². The molecule has 0 aromatic heterocycles. The second-order valence-electron chi connectivity index (χ2n) is 4.06. The fourth-order valence-electron chi connectivity index (χ4n) is 0.942. The van der Waals surface area contributed by atoms with Gasteiger partial charge in [-0.15, -0.1) is 0 Å². The Morgan fingerprint density at radius 1 is 0.806 bits per heavy atom. The predicted octanol–water partition coefficient (Wildman–Crippen LogP) is -7.23. The smallest absolute Gasteiger partial charge is 0.790 e. The van der Waals surface area contributed by atoms with Crippen molar-refractivity contribution in [3.8, 4) is 94.7 Å². The number of halogens is 1. The van der Waals surface area contributed by atoms with E-state index in [4.69, 9.17) is 0 Å². The molecule has 0 fully saturated rings. The van der Waals surface area contributed by atoms with Crippen LogP contribution in [0, 0.1) is 94.7 Å². The zero-order valence-electron chi connectivity index (χ0n) is 16.8. The van der Waals surface area contributed by atoms with Crippen molar-refractivity contribution in [2.75, 3.05) is 13.2 Å². The maximum atomic E-state index is 13.1. The Balaban J connectivity index is -0.00000392. The molecule has 0 N–H and O–H groups in total. The molecule has 1 atom stereocenters.